The molecule has 16 heavy (non-hydrogen) atoms. The van der Waals surface area contributed by atoms with Crippen molar-refractivity contribution in [1.29, 1.82) is 0 Å². The molecule has 1 N–H and O–H groups in total. The summed E-state index contributed by atoms with van der Waals surface area (Å²) in [6.07, 6.45) is 4.83. The second-order valence-corrected chi connectivity index (χ2v) is 4.87. The van der Waals surface area contributed by atoms with Crippen molar-refractivity contribution >= 4 is 15.8 Å². The molecule has 0 aliphatic heterocycles. The maximum absolute atomic E-state index is 13.2. The highest BCUT2D eigenvalue weighted by Gasteiger charge is 2.20. The first-order valence-electron chi connectivity index (χ1n) is 4.07. The van der Waals surface area contributed by atoms with Crippen molar-refractivity contribution in [2.75, 3.05) is 5.75 Å². The summed E-state index contributed by atoms with van der Waals surface area (Å²) in [4.78, 5) is 9.90. The van der Waals surface area contributed by atoms with Gasteiger partial charge in [-0.25, -0.2) is 17.6 Å². The Balaban J connectivity index is 3.40. The average Bonchev–Trinajstić information content (AvgIpc) is 2.17. The highest BCUT2D eigenvalue weighted by Crippen LogP contribution is 2.17. The van der Waals surface area contributed by atoms with Gasteiger partial charge in [0.25, 0.3) is 0 Å². The van der Waals surface area contributed by atoms with Crippen molar-refractivity contribution in [3.63, 3.8) is 0 Å². The minimum absolute atomic E-state index is 0.308. The minimum Gasteiger partial charge on any atom is -0.478 e. The maximum atomic E-state index is 13.2. The van der Waals surface area contributed by atoms with E-state index in [1.54, 1.807) is 0 Å². The molecule has 0 atom stereocenters. The van der Waals surface area contributed by atoms with Gasteiger partial charge in [0.2, 0.25) is 0 Å². The van der Waals surface area contributed by atoms with Crippen LogP contribution in [0.3, 0.4) is 0 Å². The molecule has 1 aromatic carbocycles. The Morgan fingerprint density at radius 3 is 2.62 bits per heavy atom. The third kappa shape index (κ3) is 2.38. The van der Waals surface area contributed by atoms with Gasteiger partial charge in [-0.1, -0.05) is 5.92 Å². The molecule has 0 bridgehead atoms. The number of carboxylic acid groups (broad SMARTS) is 1. The van der Waals surface area contributed by atoms with E-state index < -0.39 is 32.3 Å². The molecule has 0 fully saturated rings. The Morgan fingerprint density at radius 2 is 2.12 bits per heavy atom. The fraction of sp³-hybridized carbons (Fsp3) is 0.100. The average molecular weight is 242 g/mol. The minimum atomic E-state index is -3.97. The van der Waals surface area contributed by atoms with Crippen molar-refractivity contribution in [1.82, 2.24) is 0 Å². The zero-order valence-electron chi connectivity index (χ0n) is 7.97. The molecule has 6 heteroatoms. The SMILES string of the molecule is C#CCS(=O)(=O)c1cc(C(=O)O)ccc1F. The molecule has 84 valence electrons. The van der Waals surface area contributed by atoms with E-state index in [0.717, 1.165) is 18.2 Å². The van der Waals surface area contributed by atoms with Crippen LogP contribution in [0.1, 0.15) is 10.4 Å². The molecular weight excluding hydrogens is 235 g/mol. The van der Waals surface area contributed by atoms with Crippen molar-refractivity contribution < 1.29 is 22.7 Å². The summed E-state index contributed by atoms with van der Waals surface area (Å²) in [6, 6.07) is 2.52. The topological polar surface area (TPSA) is 71.4 Å². The fourth-order valence-corrected chi connectivity index (χ4v) is 2.11. The molecule has 0 aliphatic rings. The van der Waals surface area contributed by atoms with Crippen molar-refractivity contribution in [3.05, 3.63) is 29.6 Å². The first-order valence-corrected chi connectivity index (χ1v) is 5.73. The highest BCUT2D eigenvalue weighted by atomic mass is 32.2. The van der Waals surface area contributed by atoms with Gasteiger partial charge < -0.3 is 5.11 Å². The smallest absolute Gasteiger partial charge is 0.335 e. The zero-order chi connectivity index (χ0) is 12.3. The van der Waals surface area contributed by atoms with E-state index in [2.05, 4.69) is 0 Å². The summed E-state index contributed by atoms with van der Waals surface area (Å²) >= 11 is 0. The van der Waals surface area contributed by atoms with E-state index in [0.29, 0.717) is 0 Å². The summed E-state index contributed by atoms with van der Waals surface area (Å²) in [5.41, 5.74) is -0.308. The van der Waals surface area contributed by atoms with Crippen LogP contribution in [0.5, 0.6) is 0 Å². The number of carbonyl (C=O) groups is 1. The van der Waals surface area contributed by atoms with Crippen LogP contribution in [0.2, 0.25) is 0 Å². The molecule has 0 aliphatic carbocycles. The number of terminal acetylenes is 1. The molecule has 4 nitrogen and oxygen atoms in total. The van der Waals surface area contributed by atoms with Crippen LogP contribution in [0, 0.1) is 18.2 Å². The number of hydrogen-bond donors (Lipinski definition) is 1. The van der Waals surface area contributed by atoms with Gasteiger partial charge >= 0.3 is 5.97 Å². The third-order valence-electron chi connectivity index (χ3n) is 1.79. The summed E-state index contributed by atoms with van der Waals surface area (Å²) in [5.74, 6) is -1.14. The predicted octanol–water partition coefficient (Wildman–Crippen LogP) is 0.931. The van der Waals surface area contributed by atoms with Gasteiger partial charge in [-0.05, 0) is 18.2 Å². The summed E-state index contributed by atoms with van der Waals surface area (Å²) < 4.78 is 36.1. The number of aromatic carboxylic acids is 1. The van der Waals surface area contributed by atoms with Crippen LogP contribution in [0.15, 0.2) is 23.1 Å². The second-order valence-electron chi connectivity index (χ2n) is 2.91. The van der Waals surface area contributed by atoms with Gasteiger partial charge in [0, 0.05) is 0 Å². The molecular formula is C10H7FO4S. The molecule has 0 unspecified atom stereocenters. The number of hydrogen-bond acceptors (Lipinski definition) is 3. The van der Waals surface area contributed by atoms with Gasteiger partial charge in [-0.15, -0.1) is 6.42 Å². The van der Waals surface area contributed by atoms with E-state index in [4.69, 9.17) is 11.5 Å². The lowest BCUT2D eigenvalue weighted by Crippen LogP contribution is -2.09. The molecule has 0 saturated carbocycles. The van der Waals surface area contributed by atoms with Gasteiger partial charge in [-0.2, -0.15) is 0 Å². The van der Waals surface area contributed by atoms with Crippen LogP contribution in [-0.2, 0) is 9.84 Å². The lowest BCUT2D eigenvalue weighted by Gasteiger charge is -2.03. The summed E-state index contributed by atoms with van der Waals surface area (Å²) in [5, 5.41) is 8.64. The molecule has 1 rings (SSSR count). The number of rotatable bonds is 3. The van der Waals surface area contributed by atoms with E-state index in [9.17, 15) is 17.6 Å². The van der Waals surface area contributed by atoms with Crippen LogP contribution < -0.4 is 0 Å². The number of halogens is 1. The quantitative estimate of drug-likeness (QED) is 0.800. The number of sulfone groups is 1. The lowest BCUT2D eigenvalue weighted by atomic mass is 10.2. The summed E-state index contributed by atoms with van der Waals surface area (Å²) in [6.45, 7) is 0. The fourth-order valence-electron chi connectivity index (χ4n) is 1.06. The molecule has 0 heterocycles. The lowest BCUT2D eigenvalue weighted by molar-refractivity contribution is 0.0696. The largest absolute Gasteiger partial charge is 0.478 e. The van der Waals surface area contributed by atoms with Gasteiger partial charge in [0.15, 0.2) is 9.84 Å². The normalized spacial score (nSPS) is 10.8. The Morgan fingerprint density at radius 1 is 1.50 bits per heavy atom. The zero-order valence-corrected chi connectivity index (χ0v) is 8.79. The van der Waals surface area contributed by atoms with Gasteiger partial charge in [0.1, 0.15) is 16.5 Å². The van der Waals surface area contributed by atoms with Crippen LogP contribution in [0.4, 0.5) is 4.39 Å². The Kier molecular flexibility index (Phi) is 3.30. The molecule has 0 radical (unpaired) electrons. The molecule has 0 saturated heterocycles. The monoisotopic (exact) mass is 242 g/mol. The van der Waals surface area contributed by atoms with E-state index >= 15 is 0 Å². The van der Waals surface area contributed by atoms with E-state index in [1.165, 1.54) is 0 Å². The predicted molar refractivity (Wildman–Crippen MR) is 54.2 cm³/mol. The van der Waals surface area contributed by atoms with E-state index in [-0.39, 0.29) is 5.56 Å². The van der Waals surface area contributed by atoms with Crippen molar-refractivity contribution in [3.8, 4) is 12.3 Å². The van der Waals surface area contributed by atoms with Gasteiger partial charge in [-0.3, -0.25) is 0 Å². The van der Waals surface area contributed by atoms with E-state index in [1.807, 2.05) is 5.92 Å². The second kappa shape index (κ2) is 4.33. The molecule has 1 aromatic rings. The van der Waals surface area contributed by atoms with Crippen LogP contribution in [-0.4, -0.2) is 25.2 Å². The Bertz CT molecular complexity index is 569. The molecule has 0 amide bonds. The van der Waals surface area contributed by atoms with Gasteiger partial charge in [0.05, 0.1) is 5.56 Å². The third-order valence-corrected chi connectivity index (χ3v) is 3.32. The summed E-state index contributed by atoms with van der Waals surface area (Å²) in [7, 11) is -3.97. The Labute approximate surface area is 91.6 Å². The molecule has 0 spiro atoms. The van der Waals surface area contributed by atoms with Crippen LogP contribution in [0.25, 0.3) is 0 Å². The Hall–Kier alpha value is -1.87. The first kappa shape index (κ1) is 12.2. The number of benzene rings is 1. The van der Waals surface area contributed by atoms with Crippen LogP contribution >= 0.6 is 0 Å². The standard InChI is InChI=1S/C10H7FO4S/c1-2-5-16(14,15)9-6-7(10(12)13)3-4-8(9)11/h1,3-4,6H,5H2,(H,12,13). The van der Waals surface area contributed by atoms with Crippen molar-refractivity contribution in [2.24, 2.45) is 0 Å². The first-order chi connectivity index (χ1) is 7.38. The highest BCUT2D eigenvalue weighted by molar-refractivity contribution is 7.91. The maximum Gasteiger partial charge on any atom is 0.335 e. The number of carboxylic acids is 1. The van der Waals surface area contributed by atoms with Crippen molar-refractivity contribution in [2.45, 2.75) is 4.90 Å². The molecule has 0 aromatic heterocycles.